The Bertz CT molecular complexity index is 405. The fourth-order valence-electron chi connectivity index (χ4n) is 2.60. The van der Waals surface area contributed by atoms with Gasteiger partial charge in [-0.15, -0.1) is 18.2 Å². The zero-order valence-electron chi connectivity index (χ0n) is 12.1. The monoisotopic (exact) mass is 288 g/mol. The van der Waals surface area contributed by atoms with Crippen molar-refractivity contribution >= 4 is 11.8 Å². The Morgan fingerprint density at radius 1 is 1.25 bits per heavy atom. The van der Waals surface area contributed by atoms with E-state index in [1.165, 1.54) is 31.5 Å². The number of nitrogens with zero attached hydrogens (tertiary/aromatic N) is 1. The number of nitrogens with one attached hydrogen (secondary N) is 1. The minimum absolute atomic E-state index is 0.688. The summed E-state index contributed by atoms with van der Waals surface area (Å²) < 4.78 is 0. The fraction of sp³-hybridized carbons (Fsp3) is 0.529. The van der Waals surface area contributed by atoms with Gasteiger partial charge in [0.05, 0.1) is 5.75 Å². The van der Waals surface area contributed by atoms with Gasteiger partial charge in [0.25, 0.3) is 0 Å². The summed E-state index contributed by atoms with van der Waals surface area (Å²) in [4.78, 5) is 2.56. The molecule has 0 bridgehead atoms. The molecular formula is C17H24N2S. The summed E-state index contributed by atoms with van der Waals surface area (Å²) in [6.45, 7) is 4.56. The minimum Gasteiger partial charge on any atom is -0.313 e. The van der Waals surface area contributed by atoms with Crippen LogP contribution in [0.3, 0.4) is 0 Å². The van der Waals surface area contributed by atoms with Gasteiger partial charge in [0.2, 0.25) is 0 Å². The molecule has 0 radical (unpaired) electrons. The molecule has 1 aromatic carbocycles. The molecule has 0 atom stereocenters. The molecule has 0 unspecified atom stereocenters. The highest BCUT2D eigenvalue weighted by Crippen LogP contribution is 2.13. The van der Waals surface area contributed by atoms with Gasteiger partial charge in [-0.1, -0.05) is 36.3 Å². The van der Waals surface area contributed by atoms with Crippen molar-refractivity contribution < 1.29 is 0 Å². The maximum Gasteiger partial charge on any atom is 0.0545 e. The van der Waals surface area contributed by atoms with Crippen LogP contribution in [0.5, 0.6) is 0 Å². The third-order valence-corrected chi connectivity index (χ3v) is 4.56. The van der Waals surface area contributed by atoms with E-state index < -0.39 is 0 Å². The van der Waals surface area contributed by atoms with Gasteiger partial charge < -0.3 is 5.32 Å². The number of terminal acetylenes is 1. The van der Waals surface area contributed by atoms with Gasteiger partial charge in [-0.05, 0) is 31.5 Å². The highest BCUT2D eigenvalue weighted by Gasteiger charge is 2.18. The molecule has 1 aliphatic heterocycles. The van der Waals surface area contributed by atoms with E-state index in [2.05, 4.69) is 46.5 Å². The molecule has 2 nitrogen and oxygen atoms in total. The van der Waals surface area contributed by atoms with E-state index in [0.717, 1.165) is 24.6 Å². The van der Waals surface area contributed by atoms with E-state index in [-0.39, 0.29) is 0 Å². The normalized spacial score (nSPS) is 16.9. The molecule has 1 heterocycles. The van der Waals surface area contributed by atoms with E-state index in [1.807, 2.05) is 11.8 Å². The van der Waals surface area contributed by atoms with Crippen molar-refractivity contribution in [1.29, 1.82) is 0 Å². The third kappa shape index (κ3) is 5.58. The molecule has 0 saturated carbocycles. The van der Waals surface area contributed by atoms with Crippen LogP contribution in [0, 0.1) is 12.3 Å². The number of thioether (sulfide) groups is 1. The van der Waals surface area contributed by atoms with E-state index >= 15 is 0 Å². The largest absolute Gasteiger partial charge is 0.313 e. The van der Waals surface area contributed by atoms with Gasteiger partial charge in [-0.2, -0.15) is 0 Å². The average molecular weight is 288 g/mol. The average Bonchev–Trinajstić information content (AvgIpc) is 2.50. The van der Waals surface area contributed by atoms with Crippen molar-refractivity contribution in [3.63, 3.8) is 0 Å². The first-order chi connectivity index (χ1) is 9.88. The van der Waals surface area contributed by atoms with Gasteiger partial charge in [-0.25, -0.2) is 0 Å². The quantitative estimate of drug-likeness (QED) is 0.613. The second-order valence-corrected chi connectivity index (χ2v) is 6.35. The van der Waals surface area contributed by atoms with Crippen molar-refractivity contribution in [1.82, 2.24) is 10.2 Å². The standard InChI is InChI=1S/C17H24N2S/c1-2-13-20-14-10-18-17-8-11-19(12-9-17)15-16-6-4-3-5-7-16/h1,3-7,17-18H,8-15H2. The van der Waals surface area contributed by atoms with E-state index in [4.69, 9.17) is 6.42 Å². The van der Waals surface area contributed by atoms with Crippen LogP contribution >= 0.6 is 11.8 Å². The molecule has 0 aromatic heterocycles. The third-order valence-electron chi connectivity index (χ3n) is 3.70. The minimum atomic E-state index is 0.688. The number of rotatable bonds is 7. The SMILES string of the molecule is C#CCSCCNC1CCN(Cc2ccccc2)CC1. The van der Waals surface area contributed by atoms with Crippen molar-refractivity contribution in [2.24, 2.45) is 0 Å². The molecule has 1 aliphatic rings. The predicted molar refractivity (Wildman–Crippen MR) is 88.9 cm³/mol. The zero-order chi connectivity index (χ0) is 14.0. The maximum absolute atomic E-state index is 5.24. The topological polar surface area (TPSA) is 15.3 Å². The Kier molecular flexibility index (Phi) is 7.00. The summed E-state index contributed by atoms with van der Waals surface area (Å²) in [5.74, 6) is 4.61. The number of likely N-dealkylation sites (tertiary alicyclic amines) is 1. The number of hydrogen-bond donors (Lipinski definition) is 1. The lowest BCUT2D eigenvalue weighted by Gasteiger charge is -2.32. The second-order valence-electron chi connectivity index (χ2n) is 5.25. The number of piperidine rings is 1. The van der Waals surface area contributed by atoms with Gasteiger partial charge in [0.15, 0.2) is 0 Å². The van der Waals surface area contributed by atoms with Gasteiger partial charge >= 0.3 is 0 Å². The van der Waals surface area contributed by atoms with Crippen LogP contribution in [0.1, 0.15) is 18.4 Å². The van der Waals surface area contributed by atoms with E-state index in [0.29, 0.717) is 6.04 Å². The first-order valence-electron chi connectivity index (χ1n) is 7.39. The molecule has 0 amide bonds. The molecule has 2 rings (SSSR count). The smallest absolute Gasteiger partial charge is 0.0545 e. The Balaban J connectivity index is 1.59. The van der Waals surface area contributed by atoms with Crippen LogP contribution in [0.25, 0.3) is 0 Å². The summed E-state index contributed by atoms with van der Waals surface area (Å²) >= 11 is 1.84. The summed E-state index contributed by atoms with van der Waals surface area (Å²) in [5, 5.41) is 3.65. The van der Waals surface area contributed by atoms with E-state index in [9.17, 15) is 0 Å². The molecule has 0 aliphatic carbocycles. The maximum atomic E-state index is 5.24. The Morgan fingerprint density at radius 3 is 2.70 bits per heavy atom. The fourth-order valence-corrected chi connectivity index (χ4v) is 3.13. The lowest BCUT2D eigenvalue weighted by Crippen LogP contribution is -2.42. The van der Waals surface area contributed by atoms with Gasteiger partial charge in [-0.3, -0.25) is 4.90 Å². The highest BCUT2D eigenvalue weighted by molar-refractivity contribution is 7.99. The lowest BCUT2D eigenvalue weighted by molar-refractivity contribution is 0.192. The Hall–Kier alpha value is -0.950. The van der Waals surface area contributed by atoms with E-state index in [1.54, 1.807) is 0 Å². The molecule has 0 spiro atoms. The van der Waals surface area contributed by atoms with Crippen LogP contribution in [0.15, 0.2) is 30.3 Å². The van der Waals surface area contributed by atoms with Crippen molar-refractivity contribution in [2.75, 3.05) is 31.1 Å². The van der Waals surface area contributed by atoms with Crippen LogP contribution < -0.4 is 5.32 Å². The number of benzene rings is 1. The first kappa shape index (κ1) is 15.4. The van der Waals surface area contributed by atoms with Gasteiger partial charge in [0.1, 0.15) is 0 Å². The molecular weight excluding hydrogens is 264 g/mol. The molecule has 20 heavy (non-hydrogen) atoms. The van der Waals surface area contributed by atoms with Gasteiger partial charge in [0, 0.05) is 24.9 Å². The molecule has 1 fully saturated rings. The summed E-state index contributed by atoms with van der Waals surface area (Å²) in [7, 11) is 0. The van der Waals surface area contributed by atoms with Crippen LogP contribution in [-0.4, -0.2) is 42.1 Å². The second kappa shape index (κ2) is 9.07. The van der Waals surface area contributed by atoms with Crippen LogP contribution in [0.2, 0.25) is 0 Å². The summed E-state index contributed by atoms with van der Waals surface area (Å²) in [6.07, 6.45) is 7.75. The molecule has 108 valence electrons. The summed E-state index contributed by atoms with van der Waals surface area (Å²) in [6, 6.07) is 11.4. The summed E-state index contributed by atoms with van der Waals surface area (Å²) in [5.41, 5.74) is 1.42. The predicted octanol–water partition coefficient (Wildman–Crippen LogP) is 2.61. The molecule has 1 saturated heterocycles. The Morgan fingerprint density at radius 2 is 2.00 bits per heavy atom. The molecule has 1 N–H and O–H groups in total. The zero-order valence-corrected chi connectivity index (χ0v) is 12.9. The Labute approximate surface area is 127 Å². The lowest BCUT2D eigenvalue weighted by atomic mass is 10.0. The van der Waals surface area contributed by atoms with Crippen LogP contribution in [-0.2, 0) is 6.54 Å². The first-order valence-corrected chi connectivity index (χ1v) is 8.55. The van der Waals surface area contributed by atoms with Crippen molar-refractivity contribution in [2.45, 2.75) is 25.4 Å². The number of hydrogen-bond acceptors (Lipinski definition) is 3. The molecule has 3 heteroatoms. The van der Waals surface area contributed by atoms with Crippen molar-refractivity contribution in [3.05, 3.63) is 35.9 Å². The van der Waals surface area contributed by atoms with Crippen molar-refractivity contribution in [3.8, 4) is 12.3 Å². The van der Waals surface area contributed by atoms with Crippen LogP contribution in [0.4, 0.5) is 0 Å². The highest BCUT2D eigenvalue weighted by atomic mass is 32.2. The molecule has 1 aromatic rings.